The van der Waals surface area contributed by atoms with Crippen LogP contribution in [0.2, 0.25) is 0 Å². The summed E-state index contributed by atoms with van der Waals surface area (Å²) in [6.07, 6.45) is 1.38. The Kier molecular flexibility index (Phi) is 5.30. The molecule has 31 heavy (non-hydrogen) atoms. The van der Waals surface area contributed by atoms with Crippen LogP contribution in [0, 0.1) is 22.9 Å². The second kappa shape index (κ2) is 8.07. The van der Waals surface area contributed by atoms with Gasteiger partial charge >= 0.3 is 0 Å². The van der Waals surface area contributed by atoms with E-state index in [1.165, 1.54) is 47.3 Å². The minimum Gasteiger partial charge on any atom is -0.321 e. The summed E-state index contributed by atoms with van der Waals surface area (Å²) in [5.41, 5.74) is 1.10. The zero-order valence-electron chi connectivity index (χ0n) is 16.2. The van der Waals surface area contributed by atoms with E-state index in [2.05, 4.69) is 10.3 Å². The first-order chi connectivity index (χ1) is 14.8. The summed E-state index contributed by atoms with van der Waals surface area (Å²) < 4.78 is 14.8. The van der Waals surface area contributed by atoms with Crippen molar-refractivity contribution in [2.45, 2.75) is 13.5 Å². The van der Waals surface area contributed by atoms with Crippen LogP contribution in [-0.4, -0.2) is 20.4 Å². The normalized spacial score (nSPS) is 10.9. The largest absolute Gasteiger partial charge is 0.321 e. The maximum atomic E-state index is 13.4. The number of aryl methyl sites for hydroxylation is 1. The van der Waals surface area contributed by atoms with Crippen LogP contribution in [0.25, 0.3) is 10.2 Å². The Bertz CT molecular complexity index is 1380. The molecule has 10 heteroatoms. The van der Waals surface area contributed by atoms with E-state index in [4.69, 9.17) is 0 Å². The van der Waals surface area contributed by atoms with Gasteiger partial charge in [0.1, 0.15) is 10.6 Å². The maximum Gasteiger partial charge on any atom is 0.269 e. The molecule has 0 fully saturated rings. The highest BCUT2D eigenvalue weighted by Gasteiger charge is 2.20. The third kappa shape index (κ3) is 4.05. The lowest BCUT2D eigenvalue weighted by atomic mass is 10.2. The van der Waals surface area contributed by atoms with Gasteiger partial charge in [-0.25, -0.2) is 9.37 Å². The standard InChI is InChI=1S/C21H15FN4O4S/c1-12-17-20(23-11-25(21(17)28)10-13-3-2-4-14(22)9-13)31-18(12)19(27)24-15-5-7-16(8-6-15)26(29)30/h2-9,11H,10H2,1H3,(H,24,27). The number of nitro groups is 1. The maximum absolute atomic E-state index is 13.4. The first-order valence-electron chi connectivity index (χ1n) is 9.12. The Morgan fingerprint density at radius 2 is 2.00 bits per heavy atom. The molecule has 0 saturated carbocycles. The zero-order valence-corrected chi connectivity index (χ0v) is 17.0. The zero-order chi connectivity index (χ0) is 22.1. The second-order valence-electron chi connectivity index (χ2n) is 6.80. The molecule has 2 aromatic heterocycles. The Balaban J connectivity index is 1.64. The predicted octanol–water partition coefficient (Wildman–Crippen LogP) is 4.11. The van der Waals surface area contributed by atoms with E-state index in [1.54, 1.807) is 19.1 Å². The van der Waals surface area contributed by atoms with Crippen molar-refractivity contribution < 1.29 is 14.1 Å². The molecule has 1 amide bonds. The quantitative estimate of drug-likeness (QED) is 0.373. The van der Waals surface area contributed by atoms with Gasteiger partial charge in [0.2, 0.25) is 0 Å². The van der Waals surface area contributed by atoms with Crippen molar-refractivity contribution in [2.24, 2.45) is 0 Å². The average Bonchev–Trinajstić information content (AvgIpc) is 3.08. The Hall–Kier alpha value is -3.92. The lowest BCUT2D eigenvalue weighted by Gasteiger charge is -2.06. The number of nitrogens with one attached hydrogen (secondary N) is 1. The number of aromatic nitrogens is 2. The second-order valence-corrected chi connectivity index (χ2v) is 7.80. The van der Waals surface area contributed by atoms with Crippen molar-refractivity contribution >= 4 is 38.8 Å². The summed E-state index contributed by atoms with van der Waals surface area (Å²) in [6, 6.07) is 11.4. The third-order valence-corrected chi connectivity index (χ3v) is 5.90. The van der Waals surface area contributed by atoms with Crippen molar-refractivity contribution in [1.29, 1.82) is 0 Å². The summed E-state index contributed by atoms with van der Waals surface area (Å²) in [5.74, 6) is -0.832. The van der Waals surface area contributed by atoms with Crippen molar-refractivity contribution in [3.63, 3.8) is 0 Å². The number of thiophene rings is 1. The Morgan fingerprint density at radius 3 is 2.68 bits per heavy atom. The molecule has 0 aliphatic heterocycles. The molecule has 1 N–H and O–H groups in total. The monoisotopic (exact) mass is 438 g/mol. The van der Waals surface area contributed by atoms with Gasteiger partial charge in [-0.05, 0) is 42.3 Å². The molecule has 0 aliphatic carbocycles. The highest BCUT2D eigenvalue weighted by molar-refractivity contribution is 7.20. The lowest BCUT2D eigenvalue weighted by molar-refractivity contribution is -0.384. The van der Waals surface area contributed by atoms with Crippen LogP contribution in [0.1, 0.15) is 20.8 Å². The number of anilines is 1. The topological polar surface area (TPSA) is 107 Å². The fourth-order valence-electron chi connectivity index (χ4n) is 3.17. The van der Waals surface area contributed by atoms with Gasteiger partial charge < -0.3 is 5.32 Å². The summed E-state index contributed by atoms with van der Waals surface area (Å²) in [6.45, 7) is 1.82. The minimum atomic E-state index is -0.526. The first kappa shape index (κ1) is 20.4. The molecule has 0 radical (unpaired) electrons. The SMILES string of the molecule is Cc1c(C(=O)Nc2ccc([N+](=O)[O-])cc2)sc2ncn(Cc3cccc(F)c3)c(=O)c12. The number of hydrogen-bond donors (Lipinski definition) is 1. The van der Waals surface area contributed by atoms with Gasteiger partial charge in [-0.1, -0.05) is 12.1 Å². The number of carbonyl (C=O) groups excluding carboxylic acids is 1. The minimum absolute atomic E-state index is 0.0842. The number of fused-ring (bicyclic) bond motifs is 1. The number of amides is 1. The van der Waals surface area contributed by atoms with Gasteiger partial charge in [0.05, 0.1) is 28.1 Å². The smallest absolute Gasteiger partial charge is 0.269 e. The van der Waals surface area contributed by atoms with Gasteiger partial charge in [-0.3, -0.25) is 24.3 Å². The van der Waals surface area contributed by atoms with Crippen LogP contribution >= 0.6 is 11.3 Å². The first-order valence-corrected chi connectivity index (χ1v) is 9.94. The molecule has 4 rings (SSSR count). The van der Waals surface area contributed by atoms with Crippen molar-refractivity contribution in [2.75, 3.05) is 5.32 Å². The van der Waals surface area contributed by atoms with Gasteiger partial charge in [0.25, 0.3) is 17.2 Å². The molecule has 0 saturated heterocycles. The van der Waals surface area contributed by atoms with Gasteiger partial charge in [-0.15, -0.1) is 11.3 Å². The molecule has 8 nitrogen and oxygen atoms in total. The van der Waals surface area contributed by atoms with Gasteiger partial charge in [-0.2, -0.15) is 0 Å². The van der Waals surface area contributed by atoms with E-state index in [-0.39, 0.29) is 17.8 Å². The van der Waals surface area contributed by atoms with E-state index in [0.29, 0.717) is 31.9 Å². The Morgan fingerprint density at radius 1 is 1.26 bits per heavy atom. The van der Waals surface area contributed by atoms with E-state index < -0.39 is 16.6 Å². The lowest BCUT2D eigenvalue weighted by Crippen LogP contribution is -2.21. The van der Waals surface area contributed by atoms with E-state index in [0.717, 1.165) is 11.3 Å². The van der Waals surface area contributed by atoms with Crippen LogP contribution in [0.5, 0.6) is 0 Å². The average molecular weight is 438 g/mol. The molecule has 156 valence electrons. The van der Waals surface area contributed by atoms with Crippen LogP contribution in [-0.2, 0) is 6.54 Å². The number of benzene rings is 2. The van der Waals surface area contributed by atoms with Crippen LogP contribution < -0.4 is 10.9 Å². The highest BCUT2D eigenvalue weighted by atomic mass is 32.1. The number of rotatable bonds is 5. The molecule has 2 aromatic carbocycles. The van der Waals surface area contributed by atoms with Crippen LogP contribution in [0.3, 0.4) is 0 Å². The summed E-state index contributed by atoms with van der Waals surface area (Å²) in [7, 11) is 0. The fourth-order valence-corrected chi connectivity index (χ4v) is 4.21. The molecule has 0 atom stereocenters. The summed E-state index contributed by atoms with van der Waals surface area (Å²) >= 11 is 1.09. The van der Waals surface area contributed by atoms with E-state index >= 15 is 0 Å². The van der Waals surface area contributed by atoms with Gasteiger partial charge in [0, 0.05) is 17.8 Å². The number of nitro benzene ring substituents is 1. The number of non-ortho nitro benzene ring substituents is 1. The van der Waals surface area contributed by atoms with Crippen molar-refractivity contribution in [1.82, 2.24) is 9.55 Å². The predicted molar refractivity (Wildman–Crippen MR) is 115 cm³/mol. The van der Waals surface area contributed by atoms with Crippen molar-refractivity contribution in [3.8, 4) is 0 Å². The molecule has 0 spiro atoms. The van der Waals surface area contributed by atoms with E-state index in [9.17, 15) is 24.1 Å². The van der Waals surface area contributed by atoms with E-state index in [1.807, 2.05) is 0 Å². The molecule has 2 heterocycles. The molecular formula is C21H15FN4O4S. The molecule has 4 aromatic rings. The summed E-state index contributed by atoms with van der Waals surface area (Å²) in [5, 5.41) is 13.8. The fraction of sp³-hybridized carbons (Fsp3) is 0.0952. The molecule has 0 aliphatic rings. The molecule has 0 unspecified atom stereocenters. The molecule has 0 bridgehead atoms. The van der Waals surface area contributed by atoms with Crippen LogP contribution in [0.15, 0.2) is 59.7 Å². The number of carbonyl (C=O) groups is 1. The third-order valence-electron chi connectivity index (χ3n) is 4.70. The van der Waals surface area contributed by atoms with Crippen LogP contribution in [0.4, 0.5) is 15.8 Å². The Labute approximate surface area is 178 Å². The number of hydrogen-bond acceptors (Lipinski definition) is 6. The number of nitrogens with zero attached hydrogens (tertiary/aromatic N) is 3. The number of halogens is 1. The van der Waals surface area contributed by atoms with Crippen molar-refractivity contribution in [3.05, 3.63) is 97.1 Å². The highest BCUT2D eigenvalue weighted by Crippen LogP contribution is 2.28. The summed E-state index contributed by atoms with van der Waals surface area (Å²) in [4.78, 5) is 41.0. The van der Waals surface area contributed by atoms with Gasteiger partial charge in [0.15, 0.2) is 0 Å². The molecular weight excluding hydrogens is 423 g/mol.